The Bertz CT molecular complexity index is 2050. The quantitative estimate of drug-likeness (QED) is 0.183. The van der Waals surface area contributed by atoms with Gasteiger partial charge < -0.3 is 5.11 Å². The van der Waals surface area contributed by atoms with Gasteiger partial charge in [0, 0.05) is 6.61 Å². The first-order valence-electron chi connectivity index (χ1n) is 24.8. The molecule has 0 amide bonds. The Hall–Kier alpha value is -7.84. The fourth-order valence-corrected chi connectivity index (χ4v) is 5.58. The van der Waals surface area contributed by atoms with E-state index in [-0.39, 0.29) is 6.61 Å². The number of benzene rings is 10. The lowest BCUT2D eigenvalue weighted by Crippen LogP contribution is -1.88. The topological polar surface area (TPSA) is 20.2 Å². The molecule has 0 aliphatic heterocycles. The summed E-state index contributed by atoms with van der Waals surface area (Å²) in [5.41, 5.74) is 13.1. The van der Waals surface area contributed by atoms with Gasteiger partial charge in [0.15, 0.2) is 0 Å². The summed E-state index contributed by atoms with van der Waals surface area (Å²) in [5, 5.41) is 8.52. The molecular weight excluding hydrogens is 869 g/mol. The van der Waals surface area contributed by atoms with E-state index in [0.29, 0.717) is 0 Å². The van der Waals surface area contributed by atoms with Crippen molar-refractivity contribution in [2.24, 2.45) is 0 Å². The van der Waals surface area contributed by atoms with Crippen LogP contribution in [0, 0.1) is 62.3 Å². The van der Waals surface area contributed by atoms with Crippen molar-refractivity contribution in [1.82, 2.24) is 0 Å². The van der Waals surface area contributed by atoms with Crippen LogP contribution in [0.1, 0.15) is 55.6 Å². The molecule has 0 aromatic heterocycles. The normalized spacial score (nSPS) is 8.81. The second-order valence-corrected chi connectivity index (χ2v) is 16.9. The van der Waals surface area contributed by atoms with E-state index in [0.717, 1.165) is 6.42 Å². The molecule has 0 atom stereocenters. The van der Waals surface area contributed by atoms with Crippen LogP contribution >= 0.6 is 0 Å². The summed E-state index contributed by atoms with van der Waals surface area (Å²) in [6, 6.07) is 102. The third-order valence-electron chi connectivity index (χ3n) is 9.71. The largest absolute Gasteiger partial charge is 0.396 e. The average molecular weight is 951 g/mol. The fourth-order valence-electron chi connectivity index (χ4n) is 5.58. The first-order valence-corrected chi connectivity index (χ1v) is 24.8. The van der Waals surface area contributed by atoms with E-state index in [1.165, 1.54) is 55.6 Å². The number of hydrogen-bond acceptors (Lipinski definition) is 1. The molecule has 0 aliphatic rings. The highest BCUT2D eigenvalue weighted by molar-refractivity contribution is 5.18. The SMILES string of the molecule is Cc1ccccc1.Cc1ccccc1.Cc1ccccc1.Cc1ccccc1.Cc1ccccc1.Cc1ccccc1.Cc1ccccc1.Cc1ccccc1.Cc1ccccc1.OCCc1ccccc1. The summed E-state index contributed by atoms with van der Waals surface area (Å²) < 4.78 is 0. The summed E-state index contributed by atoms with van der Waals surface area (Å²) in [6.07, 6.45) is 0.765. The second kappa shape index (κ2) is 44.4. The predicted octanol–water partition coefficient (Wildman–Crippen LogP) is 19.2. The zero-order chi connectivity index (χ0) is 52.5. The predicted molar refractivity (Wildman–Crippen MR) is 318 cm³/mol. The average Bonchev–Trinajstić information content (AvgIpc) is 3.41. The van der Waals surface area contributed by atoms with Crippen LogP contribution in [0.2, 0.25) is 0 Å². The van der Waals surface area contributed by atoms with Crippen LogP contribution < -0.4 is 0 Å². The minimum atomic E-state index is 0.240. The summed E-state index contributed by atoms with van der Waals surface area (Å²) in [4.78, 5) is 0. The van der Waals surface area contributed by atoms with E-state index in [1.54, 1.807) is 0 Å². The number of aryl methyl sites for hydroxylation is 9. The lowest BCUT2D eigenvalue weighted by Gasteiger charge is -1.93. The number of aliphatic hydroxyl groups is 1. The molecule has 0 bridgehead atoms. The van der Waals surface area contributed by atoms with Gasteiger partial charge in [0.25, 0.3) is 0 Å². The van der Waals surface area contributed by atoms with E-state index in [4.69, 9.17) is 5.11 Å². The Morgan fingerprint density at radius 3 is 0.375 bits per heavy atom. The van der Waals surface area contributed by atoms with Gasteiger partial charge >= 0.3 is 0 Å². The molecule has 0 spiro atoms. The van der Waals surface area contributed by atoms with Crippen molar-refractivity contribution in [3.05, 3.63) is 359 Å². The highest BCUT2D eigenvalue weighted by Crippen LogP contribution is 1.99. The monoisotopic (exact) mass is 951 g/mol. The van der Waals surface area contributed by atoms with Gasteiger partial charge in [0.05, 0.1) is 0 Å². The molecule has 372 valence electrons. The molecule has 0 saturated carbocycles. The molecule has 10 aromatic rings. The molecule has 0 aliphatic carbocycles. The second-order valence-electron chi connectivity index (χ2n) is 16.9. The highest BCUT2D eigenvalue weighted by atomic mass is 16.2. The van der Waals surface area contributed by atoms with Crippen LogP contribution in [0.5, 0.6) is 0 Å². The first-order chi connectivity index (χ1) is 35.0. The van der Waals surface area contributed by atoms with E-state index in [9.17, 15) is 0 Å². The minimum absolute atomic E-state index is 0.240. The Kier molecular flexibility index (Phi) is 38.3. The zero-order valence-electron chi connectivity index (χ0n) is 44.7. The third kappa shape index (κ3) is 41.2. The minimum Gasteiger partial charge on any atom is -0.396 e. The Morgan fingerprint density at radius 2 is 0.292 bits per heavy atom. The van der Waals surface area contributed by atoms with Crippen LogP contribution in [0.25, 0.3) is 0 Å². The van der Waals surface area contributed by atoms with Gasteiger partial charge in [-0.25, -0.2) is 0 Å². The molecule has 10 aromatic carbocycles. The lowest BCUT2D eigenvalue weighted by molar-refractivity contribution is 0.299. The Labute approximate surface area is 437 Å². The molecule has 1 heteroatoms. The van der Waals surface area contributed by atoms with Gasteiger partial charge in [-0.05, 0) is 74.3 Å². The van der Waals surface area contributed by atoms with Gasteiger partial charge in [-0.3, -0.25) is 0 Å². The summed E-state index contributed by atoms with van der Waals surface area (Å²) >= 11 is 0. The molecule has 1 N–H and O–H groups in total. The molecule has 0 fully saturated rings. The van der Waals surface area contributed by atoms with Crippen molar-refractivity contribution in [3.8, 4) is 0 Å². The highest BCUT2D eigenvalue weighted by Gasteiger charge is 1.85. The molecule has 0 radical (unpaired) electrons. The molecule has 10 rings (SSSR count). The molecule has 0 heterocycles. The number of aliphatic hydroxyl groups excluding tert-OH is 1. The molecule has 1 nitrogen and oxygen atoms in total. The van der Waals surface area contributed by atoms with Crippen LogP contribution in [0.15, 0.2) is 303 Å². The lowest BCUT2D eigenvalue weighted by atomic mass is 10.2. The Balaban J connectivity index is 0.000000400. The molecular formula is C71H82O. The third-order valence-corrected chi connectivity index (χ3v) is 9.71. The molecule has 72 heavy (non-hydrogen) atoms. The van der Waals surface area contributed by atoms with Gasteiger partial charge in [-0.2, -0.15) is 0 Å². The number of rotatable bonds is 2. The van der Waals surface area contributed by atoms with Crippen LogP contribution in [-0.2, 0) is 6.42 Å². The maximum absolute atomic E-state index is 8.52. The zero-order valence-corrected chi connectivity index (χ0v) is 44.7. The van der Waals surface area contributed by atoms with Crippen molar-refractivity contribution >= 4 is 0 Å². The van der Waals surface area contributed by atoms with Gasteiger partial charge in [0.2, 0.25) is 0 Å². The first kappa shape index (κ1) is 62.2. The standard InChI is InChI=1S/C8H10O.9C7H8/c9-7-6-8-4-2-1-3-5-8;9*1-7-5-3-2-4-6-7/h1-5,9H,6-7H2;9*2-6H,1H3. The van der Waals surface area contributed by atoms with Crippen molar-refractivity contribution in [2.45, 2.75) is 68.7 Å². The maximum Gasteiger partial charge on any atom is 0.0471 e. The number of hydrogen-bond donors (Lipinski definition) is 1. The van der Waals surface area contributed by atoms with Crippen molar-refractivity contribution in [2.75, 3.05) is 6.61 Å². The van der Waals surface area contributed by atoms with Crippen LogP contribution in [0.4, 0.5) is 0 Å². The van der Waals surface area contributed by atoms with Crippen molar-refractivity contribution < 1.29 is 5.11 Å². The van der Waals surface area contributed by atoms with E-state index >= 15 is 0 Å². The van der Waals surface area contributed by atoms with E-state index in [1.807, 2.05) is 194 Å². The van der Waals surface area contributed by atoms with Gasteiger partial charge in [-0.1, -0.05) is 353 Å². The van der Waals surface area contributed by atoms with Crippen molar-refractivity contribution in [1.29, 1.82) is 0 Å². The van der Waals surface area contributed by atoms with Gasteiger partial charge in [-0.15, -0.1) is 0 Å². The molecule has 0 saturated heterocycles. The van der Waals surface area contributed by atoms with E-state index < -0.39 is 0 Å². The maximum atomic E-state index is 8.52. The summed E-state index contributed by atoms with van der Waals surface area (Å²) in [6.45, 7) is 19.0. The summed E-state index contributed by atoms with van der Waals surface area (Å²) in [5.74, 6) is 0. The smallest absolute Gasteiger partial charge is 0.0471 e. The van der Waals surface area contributed by atoms with E-state index in [2.05, 4.69) is 172 Å². The molecule has 0 unspecified atom stereocenters. The van der Waals surface area contributed by atoms with Gasteiger partial charge in [0.1, 0.15) is 0 Å². The summed E-state index contributed by atoms with van der Waals surface area (Å²) in [7, 11) is 0. The Morgan fingerprint density at radius 1 is 0.181 bits per heavy atom. The van der Waals surface area contributed by atoms with Crippen LogP contribution in [0.3, 0.4) is 0 Å². The fraction of sp³-hybridized carbons (Fsp3) is 0.155. The van der Waals surface area contributed by atoms with Crippen molar-refractivity contribution in [3.63, 3.8) is 0 Å². The van der Waals surface area contributed by atoms with Crippen LogP contribution in [-0.4, -0.2) is 11.7 Å².